The van der Waals surface area contributed by atoms with E-state index in [0.717, 1.165) is 12.3 Å². The summed E-state index contributed by atoms with van der Waals surface area (Å²) in [6, 6.07) is 8.63. The molecule has 4 rings (SSSR count). The molecule has 0 aliphatic heterocycles. The number of halogens is 3. The molecule has 0 saturated heterocycles. The van der Waals surface area contributed by atoms with Gasteiger partial charge in [0, 0.05) is 30.3 Å². The number of sulfone groups is 1. The van der Waals surface area contributed by atoms with E-state index in [4.69, 9.17) is 11.6 Å². The van der Waals surface area contributed by atoms with Gasteiger partial charge in [-0.1, -0.05) is 11.6 Å². The fourth-order valence-electron chi connectivity index (χ4n) is 3.28. The molecule has 0 bridgehead atoms. The van der Waals surface area contributed by atoms with E-state index in [1.807, 2.05) is 0 Å². The number of hydrogen-bond donors (Lipinski definition) is 1. The van der Waals surface area contributed by atoms with Crippen LogP contribution in [0.2, 0.25) is 5.02 Å². The monoisotopic (exact) mass is 476 g/mol. The summed E-state index contributed by atoms with van der Waals surface area (Å²) in [5.41, 5.74) is 0.528. The molecule has 0 amide bonds. The molecule has 11 heteroatoms. The van der Waals surface area contributed by atoms with Crippen molar-refractivity contribution in [1.29, 1.82) is 0 Å². The summed E-state index contributed by atoms with van der Waals surface area (Å²) in [4.78, 5) is 13.0. The maximum atomic E-state index is 14.0. The lowest BCUT2D eigenvalue weighted by Gasteiger charge is -2.14. The molecule has 2 aromatic heterocycles. The Morgan fingerprint density at radius 1 is 1.06 bits per heavy atom. The third kappa shape index (κ3) is 3.94. The predicted octanol–water partition coefficient (Wildman–Crippen LogP) is 4.07. The zero-order chi connectivity index (χ0) is 23.2. The topological polar surface area (TPSA) is 93.9 Å². The molecule has 0 spiro atoms. The summed E-state index contributed by atoms with van der Waals surface area (Å²) in [6.45, 7) is 0. The van der Waals surface area contributed by atoms with Gasteiger partial charge in [-0.25, -0.2) is 17.2 Å². The Labute approximate surface area is 186 Å². The molecular weight excluding hydrogens is 462 g/mol. The number of aromatic nitrogens is 3. The minimum Gasteiger partial charge on any atom is -0.349 e. The van der Waals surface area contributed by atoms with Crippen molar-refractivity contribution in [2.24, 2.45) is 7.05 Å². The van der Waals surface area contributed by atoms with Gasteiger partial charge in [-0.2, -0.15) is 5.10 Å². The smallest absolute Gasteiger partial charge is 0.274 e. The number of aryl methyl sites for hydroxylation is 1. The quantitative estimate of drug-likeness (QED) is 0.477. The minimum absolute atomic E-state index is 0.0427. The number of nitrogens with one attached hydrogen (secondary N) is 1. The van der Waals surface area contributed by atoms with Crippen LogP contribution in [0.3, 0.4) is 0 Å². The maximum Gasteiger partial charge on any atom is 0.274 e. The standard InChI is InChI=1S/C21H15ClF2N4O3S/c1-28-20-11(7-18(21(28)29)26-17-6-3-12(23)8-16(17)24)10-25-27-19(20)14-5-4-13(9-15(14)22)32(2,30)31/h3-10,26H,1-2H3. The number of benzene rings is 2. The van der Waals surface area contributed by atoms with Crippen molar-refractivity contribution in [2.75, 3.05) is 11.6 Å². The lowest BCUT2D eigenvalue weighted by Crippen LogP contribution is -2.21. The molecule has 4 aromatic rings. The second-order valence-corrected chi connectivity index (χ2v) is 9.51. The average Bonchev–Trinajstić information content (AvgIpc) is 2.72. The number of pyridine rings is 1. The first-order chi connectivity index (χ1) is 15.1. The molecule has 32 heavy (non-hydrogen) atoms. The number of hydrogen-bond acceptors (Lipinski definition) is 6. The Morgan fingerprint density at radius 3 is 2.47 bits per heavy atom. The SMILES string of the molecule is Cn1c(=O)c(Nc2ccc(F)cc2F)cc2cnnc(-c3ccc(S(C)(=O)=O)cc3Cl)c21. The maximum absolute atomic E-state index is 14.0. The molecule has 0 saturated carbocycles. The normalized spacial score (nSPS) is 11.7. The summed E-state index contributed by atoms with van der Waals surface area (Å²) in [5, 5.41) is 11.4. The van der Waals surface area contributed by atoms with Gasteiger partial charge in [-0.15, -0.1) is 5.10 Å². The van der Waals surface area contributed by atoms with E-state index in [-0.39, 0.29) is 27.0 Å². The Kier molecular flexibility index (Phi) is 5.43. The summed E-state index contributed by atoms with van der Waals surface area (Å²) in [6.07, 6.45) is 2.49. The molecule has 164 valence electrons. The van der Waals surface area contributed by atoms with Crippen molar-refractivity contribution >= 4 is 43.7 Å². The lowest BCUT2D eigenvalue weighted by atomic mass is 10.1. The first-order valence-corrected chi connectivity index (χ1v) is 11.4. The van der Waals surface area contributed by atoms with Crippen molar-refractivity contribution in [3.8, 4) is 11.3 Å². The summed E-state index contributed by atoms with van der Waals surface area (Å²) < 4.78 is 52.1. The number of anilines is 2. The van der Waals surface area contributed by atoms with E-state index < -0.39 is 27.0 Å². The molecule has 0 unspecified atom stereocenters. The lowest BCUT2D eigenvalue weighted by molar-refractivity contribution is 0.586. The third-order valence-electron chi connectivity index (χ3n) is 4.85. The van der Waals surface area contributed by atoms with E-state index in [0.29, 0.717) is 22.5 Å². The van der Waals surface area contributed by atoms with Crippen LogP contribution in [-0.4, -0.2) is 29.4 Å². The number of rotatable bonds is 4. The Morgan fingerprint density at radius 2 is 1.81 bits per heavy atom. The summed E-state index contributed by atoms with van der Waals surface area (Å²) >= 11 is 6.33. The van der Waals surface area contributed by atoms with Crippen molar-refractivity contribution < 1.29 is 17.2 Å². The van der Waals surface area contributed by atoms with E-state index in [2.05, 4.69) is 15.5 Å². The molecule has 2 heterocycles. The van der Waals surface area contributed by atoms with Crippen LogP contribution in [0, 0.1) is 11.6 Å². The highest BCUT2D eigenvalue weighted by molar-refractivity contribution is 7.90. The van der Waals surface area contributed by atoms with Gasteiger partial charge in [0.05, 0.1) is 27.3 Å². The van der Waals surface area contributed by atoms with Gasteiger partial charge in [0.2, 0.25) is 0 Å². The van der Waals surface area contributed by atoms with Gasteiger partial charge in [-0.05, 0) is 36.4 Å². The molecule has 0 aliphatic rings. The molecule has 0 radical (unpaired) electrons. The van der Waals surface area contributed by atoms with Crippen LogP contribution in [-0.2, 0) is 16.9 Å². The van der Waals surface area contributed by atoms with Gasteiger partial charge in [0.15, 0.2) is 9.84 Å². The van der Waals surface area contributed by atoms with E-state index >= 15 is 0 Å². The van der Waals surface area contributed by atoms with Crippen LogP contribution < -0.4 is 10.9 Å². The van der Waals surface area contributed by atoms with Gasteiger partial charge >= 0.3 is 0 Å². The summed E-state index contributed by atoms with van der Waals surface area (Å²) in [5.74, 6) is -1.59. The average molecular weight is 477 g/mol. The van der Waals surface area contributed by atoms with Gasteiger partial charge < -0.3 is 9.88 Å². The Hall–Kier alpha value is -3.37. The largest absolute Gasteiger partial charge is 0.349 e. The Bertz CT molecular complexity index is 1560. The van der Waals surface area contributed by atoms with Gasteiger partial charge in [0.1, 0.15) is 23.0 Å². The van der Waals surface area contributed by atoms with E-state index in [1.54, 1.807) is 0 Å². The molecule has 0 aliphatic carbocycles. The van der Waals surface area contributed by atoms with Gasteiger partial charge in [0.25, 0.3) is 5.56 Å². The van der Waals surface area contributed by atoms with Crippen molar-refractivity contribution in [2.45, 2.75) is 4.90 Å². The van der Waals surface area contributed by atoms with E-state index in [9.17, 15) is 22.0 Å². The highest BCUT2D eigenvalue weighted by Gasteiger charge is 2.18. The molecule has 7 nitrogen and oxygen atoms in total. The van der Waals surface area contributed by atoms with E-state index in [1.165, 1.54) is 48.1 Å². The predicted molar refractivity (Wildman–Crippen MR) is 118 cm³/mol. The highest BCUT2D eigenvalue weighted by Crippen LogP contribution is 2.33. The second kappa shape index (κ2) is 7.95. The van der Waals surface area contributed by atoms with Crippen LogP contribution in [0.25, 0.3) is 22.2 Å². The van der Waals surface area contributed by atoms with Crippen LogP contribution in [0.4, 0.5) is 20.2 Å². The zero-order valence-electron chi connectivity index (χ0n) is 16.7. The van der Waals surface area contributed by atoms with Crippen LogP contribution in [0.15, 0.2) is 58.4 Å². The second-order valence-electron chi connectivity index (χ2n) is 7.08. The van der Waals surface area contributed by atoms with Crippen LogP contribution in [0.1, 0.15) is 0 Å². The first-order valence-electron chi connectivity index (χ1n) is 9.14. The minimum atomic E-state index is -3.46. The highest BCUT2D eigenvalue weighted by atomic mass is 35.5. The molecule has 0 fully saturated rings. The Balaban J connectivity index is 1.88. The van der Waals surface area contributed by atoms with Crippen LogP contribution >= 0.6 is 11.6 Å². The fraction of sp³-hybridized carbons (Fsp3) is 0.0952. The van der Waals surface area contributed by atoms with Crippen LogP contribution in [0.5, 0.6) is 0 Å². The van der Waals surface area contributed by atoms with Crippen molar-refractivity contribution in [3.05, 3.63) is 75.7 Å². The fourth-order valence-corrected chi connectivity index (χ4v) is 4.26. The molecular formula is C21H15ClF2N4O3S. The van der Waals surface area contributed by atoms with Crippen molar-refractivity contribution in [3.63, 3.8) is 0 Å². The summed E-state index contributed by atoms with van der Waals surface area (Å²) in [7, 11) is -1.96. The zero-order valence-corrected chi connectivity index (χ0v) is 18.3. The third-order valence-corrected chi connectivity index (χ3v) is 6.27. The molecule has 2 aromatic carbocycles. The first kappa shape index (κ1) is 21.8. The molecule has 0 atom stereocenters. The van der Waals surface area contributed by atoms with Crippen molar-refractivity contribution in [1.82, 2.24) is 14.8 Å². The number of nitrogens with zero attached hydrogens (tertiary/aromatic N) is 3. The van der Waals surface area contributed by atoms with Gasteiger partial charge in [-0.3, -0.25) is 4.79 Å². The number of fused-ring (bicyclic) bond motifs is 1. The molecule has 1 N–H and O–H groups in total.